The molecule has 0 radical (unpaired) electrons. The molecule has 0 spiro atoms. The maximum absolute atomic E-state index is 13.3. The molecule has 1 heterocycles. The minimum Gasteiger partial charge on any atom is -0.481 e. The molecule has 0 unspecified atom stereocenters. The monoisotopic (exact) mass is 357 g/mol. The van der Waals surface area contributed by atoms with Gasteiger partial charge in [-0.15, -0.1) is 0 Å². The van der Waals surface area contributed by atoms with E-state index in [1.807, 2.05) is 84.9 Å². The van der Waals surface area contributed by atoms with Crippen molar-refractivity contribution < 1.29 is 14.7 Å². The van der Waals surface area contributed by atoms with E-state index in [4.69, 9.17) is 0 Å². The van der Waals surface area contributed by atoms with E-state index in [0.717, 1.165) is 11.1 Å². The van der Waals surface area contributed by atoms with Crippen LogP contribution in [0.5, 0.6) is 0 Å². The first-order valence-electron chi connectivity index (χ1n) is 8.89. The van der Waals surface area contributed by atoms with Crippen molar-refractivity contribution in [1.29, 1.82) is 0 Å². The summed E-state index contributed by atoms with van der Waals surface area (Å²) in [5.41, 5.74) is 2.98. The zero-order valence-electron chi connectivity index (χ0n) is 14.7. The number of carboxylic acid groups (broad SMARTS) is 1. The van der Waals surface area contributed by atoms with Crippen molar-refractivity contribution in [2.45, 2.75) is 18.4 Å². The third-order valence-electron chi connectivity index (χ3n) is 5.04. The number of fused-ring (bicyclic) bond motifs is 1. The minimum atomic E-state index is -0.938. The third-order valence-corrected chi connectivity index (χ3v) is 5.04. The highest BCUT2D eigenvalue weighted by atomic mass is 16.4. The van der Waals surface area contributed by atoms with Gasteiger partial charge in [-0.05, 0) is 28.8 Å². The molecule has 4 nitrogen and oxygen atoms in total. The van der Waals surface area contributed by atoms with Crippen LogP contribution < -0.4 is 4.90 Å². The molecule has 3 aromatic carbocycles. The van der Waals surface area contributed by atoms with E-state index >= 15 is 0 Å². The Bertz CT molecular complexity index is 969. The number of aliphatic carboxylic acids is 1. The lowest BCUT2D eigenvalue weighted by atomic mass is 9.84. The lowest BCUT2D eigenvalue weighted by molar-refractivity contribution is -0.139. The molecule has 4 heteroatoms. The molecular formula is C23H19NO3. The van der Waals surface area contributed by atoms with Crippen molar-refractivity contribution in [3.63, 3.8) is 0 Å². The second-order valence-electron chi connectivity index (χ2n) is 6.65. The molecule has 1 aliphatic heterocycles. The number of carbonyl (C=O) groups excluding carboxylic acids is 1. The molecule has 0 fully saturated rings. The SMILES string of the molecule is O=C(O)[C@@H]1c2ccccc2CC(=O)N(c2ccccc2)[C@H]1c1ccccc1. The quantitative estimate of drug-likeness (QED) is 0.765. The first-order chi connectivity index (χ1) is 13.2. The standard InChI is InChI=1S/C23H19NO3/c25-20-15-17-11-7-8-14-19(17)21(23(26)27)22(16-9-3-1-4-10-16)24(20)18-12-5-2-6-13-18/h1-14,21-22H,15H2,(H,26,27)/t21-,22+/m1/s1. The van der Waals surface area contributed by atoms with Crippen LogP contribution in [0.4, 0.5) is 5.69 Å². The Morgan fingerprint density at radius 3 is 2.11 bits per heavy atom. The van der Waals surface area contributed by atoms with E-state index in [2.05, 4.69) is 0 Å². The van der Waals surface area contributed by atoms with Crippen molar-refractivity contribution in [3.8, 4) is 0 Å². The smallest absolute Gasteiger partial charge is 0.313 e. The van der Waals surface area contributed by atoms with E-state index in [-0.39, 0.29) is 12.3 Å². The fourth-order valence-electron chi connectivity index (χ4n) is 3.87. The molecule has 0 bridgehead atoms. The number of amides is 1. The Kier molecular flexibility index (Phi) is 4.47. The summed E-state index contributed by atoms with van der Waals surface area (Å²) < 4.78 is 0. The minimum absolute atomic E-state index is 0.105. The number of anilines is 1. The molecule has 1 amide bonds. The summed E-state index contributed by atoms with van der Waals surface area (Å²) in [6, 6.07) is 25.4. The Hall–Kier alpha value is -3.40. The largest absolute Gasteiger partial charge is 0.481 e. The Morgan fingerprint density at radius 2 is 1.44 bits per heavy atom. The normalized spacial score (nSPS) is 19.3. The molecule has 4 rings (SSSR count). The summed E-state index contributed by atoms with van der Waals surface area (Å²) in [5, 5.41) is 10.2. The molecular weight excluding hydrogens is 338 g/mol. The summed E-state index contributed by atoms with van der Waals surface area (Å²) in [4.78, 5) is 27.3. The van der Waals surface area contributed by atoms with Crippen LogP contribution in [0.15, 0.2) is 84.9 Å². The first kappa shape index (κ1) is 17.0. The fourth-order valence-corrected chi connectivity index (χ4v) is 3.87. The van der Waals surface area contributed by atoms with Crippen molar-refractivity contribution in [2.75, 3.05) is 4.90 Å². The van der Waals surface area contributed by atoms with Crippen molar-refractivity contribution in [3.05, 3.63) is 102 Å². The summed E-state index contributed by atoms with van der Waals surface area (Å²) in [6.45, 7) is 0. The van der Waals surface area contributed by atoms with E-state index < -0.39 is 17.9 Å². The van der Waals surface area contributed by atoms with Gasteiger partial charge in [0.1, 0.15) is 5.92 Å². The molecule has 0 aromatic heterocycles. The molecule has 0 saturated heterocycles. The number of carbonyl (C=O) groups is 2. The topological polar surface area (TPSA) is 57.6 Å². The Labute approximate surface area is 157 Å². The van der Waals surface area contributed by atoms with Gasteiger partial charge < -0.3 is 10.0 Å². The number of hydrogen-bond donors (Lipinski definition) is 1. The Balaban J connectivity index is 1.98. The summed E-state index contributed by atoms with van der Waals surface area (Å²) in [5.74, 6) is -1.89. The maximum atomic E-state index is 13.3. The van der Waals surface area contributed by atoms with E-state index in [1.165, 1.54) is 0 Å². The summed E-state index contributed by atoms with van der Waals surface area (Å²) in [7, 11) is 0. The summed E-state index contributed by atoms with van der Waals surface area (Å²) >= 11 is 0. The van der Waals surface area contributed by atoms with Crippen molar-refractivity contribution >= 4 is 17.6 Å². The number of hydrogen-bond acceptors (Lipinski definition) is 2. The number of carboxylic acids is 1. The predicted molar refractivity (Wildman–Crippen MR) is 104 cm³/mol. The van der Waals surface area contributed by atoms with Crippen LogP contribution in [0.3, 0.4) is 0 Å². The molecule has 27 heavy (non-hydrogen) atoms. The number of benzene rings is 3. The van der Waals surface area contributed by atoms with Gasteiger partial charge in [-0.3, -0.25) is 9.59 Å². The molecule has 1 aliphatic rings. The lowest BCUT2D eigenvalue weighted by Gasteiger charge is -2.34. The van der Waals surface area contributed by atoms with Crippen LogP contribution in [0.2, 0.25) is 0 Å². The molecule has 0 aliphatic carbocycles. The zero-order chi connectivity index (χ0) is 18.8. The van der Waals surface area contributed by atoms with Crippen molar-refractivity contribution in [1.82, 2.24) is 0 Å². The van der Waals surface area contributed by atoms with Crippen LogP contribution in [-0.4, -0.2) is 17.0 Å². The first-order valence-corrected chi connectivity index (χ1v) is 8.89. The van der Waals surface area contributed by atoms with Gasteiger partial charge in [-0.1, -0.05) is 72.8 Å². The molecule has 2 atom stereocenters. The molecule has 0 saturated carbocycles. The molecule has 3 aromatic rings. The van der Waals surface area contributed by atoms with Crippen LogP contribution >= 0.6 is 0 Å². The van der Waals surface area contributed by atoms with Gasteiger partial charge in [0, 0.05) is 5.69 Å². The average molecular weight is 357 g/mol. The maximum Gasteiger partial charge on any atom is 0.313 e. The second-order valence-corrected chi connectivity index (χ2v) is 6.65. The predicted octanol–water partition coefficient (Wildman–Crippen LogP) is 4.19. The highest BCUT2D eigenvalue weighted by molar-refractivity contribution is 5.98. The van der Waals surface area contributed by atoms with Gasteiger partial charge in [0.25, 0.3) is 0 Å². The molecule has 1 N–H and O–H groups in total. The highest BCUT2D eigenvalue weighted by Crippen LogP contribution is 2.42. The second kappa shape index (κ2) is 7.08. The molecule has 134 valence electrons. The van der Waals surface area contributed by atoms with E-state index in [1.54, 1.807) is 4.90 Å². The van der Waals surface area contributed by atoms with Gasteiger partial charge in [0.2, 0.25) is 5.91 Å². The number of para-hydroxylation sites is 1. The van der Waals surface area contributed by atoms with Gasteiger partial charge in [-0.2, -0.15) is 0 Å². The van der Waals surface area contributed by atoms with Gasteiger partial charge >= 0.3 is 5.97 Å². The number of nitrogens with zero attached hydrogens (tertiary/aromatic N) is 1. The van der Waals surface area contributed by atoms with Crippen LogP contribution in [0.1, 0.15) is 28.7 Å². The Morgan fingerprint density at radius 1 is 0.852 bits per heavy atom. The van der Waals surface area contributed by atoms with Gasteiger partial charge in [0.05, 0.1) is 12.5 Å². The van der Waals surface area contributed by atoms with Crippen LogP contribution in [0.25, 0.3) is 0 Å². The average Bonchev–Trinajstić information content (AvgIpc) is 2.83. The van der Waals surface area contributed by atoms with Crippen LogP contribution in [-0.2, 0) is 16.0 Å². The van der Waals surface area contributed by atoms with Gasteiger partial charge in [-0.25, -0.2) is 0 Å². The lowest BCUT2D eigenvalue weighted by Crippen LogP contribution is -2.39. The third kappa shape index (κ3) is 3.10. The number of rotatable bonds is 3. The van der Waals surface area contributed by atoms with Crippen LogP contribution in [0, 0.1) is 0 Å². The van der Waals surface area contributed by atoms with E-state index in [9.17, 15) is 14.7 Å². The fraction of sp³-hybridized carbons (Fsp3) is 0.130. The highest BCUT2D eigenvalue weighted by Gasteiger charge is 2.42. The zero-order valence-corrected chi connectivity index (χ0v) is 14.7. The van der Waals surface area contributed by atoms with E-state index in [0.29, 0.717) is 11.3 Å². The summed E-state index contributed by atoms with van der Waals surface area (Å²) in [6.07, 6.45) is 0.179. The van der Waals surface area contributed by atoms with Gasteiger partial charge in [0.15, 0.2) is 0 Å². The van der Waals surface area contributed by atoms with Crippen molar-refractivity contribution in [2.24, 2.45) is 0 Å².